The Morgan fingerprint density at radius 3 is 2.88 bits per heavy atom. The van der Waals surface area contributed by atoms with Crippen molar-refractivity contribution in [2.45, 2.75) is 32.4 Å². The molecule has 1 heterocycles. The van der Waals surface area contributed by atoms with Gasteiger partial charge in [-0.15, -0.1) is 11.3 Å². The van der Waals surface area contributed by atoms with Gasteiger partial charge in [-0.25, -0.2) is 0 Å². The third kappa shape index (κ3) is 5.81. The quantitative estimate of drug-likeness (QED) is 0.746. The van der Waals surface area contributed by atoms with E-state index in [-0.39, 0.29) is 6.42 Å². The van der Waals surface area contributed by atoms with Crippen LogP contribution in [0.3, 0.4) is 0 Å². The highest BCUT2D eigenvalue weighted by molar-refractivity contribution is 7.12. The summed E-state index contributed by atoms with van der Waals surface area (Å²) in [4.78, 5) is 12.6. The molecule has 17 heavy (non-hydrogen) atoms. The number of methoxy groups -OCH3 is 1. The molecule has 4 nitrogen and oxygen atoms in total. The molecule has 0 radical (unpaired) electrons. The van der Waals surface area contributed by atoms with Crippen molar-refractivity contribution in [3.63, 3.8) is 0 Å². The van der Waals surface area contributed by atoms with Crippen LogP contribution in [0, 0.1) is 0 Å². The molecule has 0 amide bonds. The van der Waals surface area contributed by atoms with E-state index in [0.29, 0.717) is 6.04 Å². The van der Waals surface area contributed by atoms with Crippen LogP contribution < -0.4 is 5.32 Å². The lowest BCUT2D eigenvalue weighted by atomic mass is 10.2. The first-order valence-electron chi connectivity index (χ1n) is 5.63. The number of hydrogen-bond donors (Lipinski definition) is 2. The zero-order chi connectivity index (χ0) is 12.7. The summed E-state index contributed by atoms with van der Waals surface area (Å²) in [5, 5.41) is 12.1. The van der Waals surface area contributed by atoms with Crippen LogP contribution in [0.2, 0.25) is 0 Å². The van der Waals surface area contributed by atoms with E-state index >= 15 is 0 Å². The Kier molecular flexibility index (Phi) is 6.18. The number of carbonyl (C=O) groups is 1. The Labute approximate surface area is 106 Å². The Bertz CT molecular complexity index is 351. The summed E-state index contributed by atoms with van der Waals surface area (Å²) >= 11 is 1.55. The summed E-state index contributed by atoms with van der Waals surface area (Å²) in [6, 6.07) is 4.27. The first-order chi connectivity index (χ1) is 8.11. The molecular weight excluding hydrogens is 238 g/mol. The van der Waals surface area contributed by atoms with Crippen LogP contribution in [0.25, 0.3) is 0 Å². The molecular formula is C12H19NO3S. The van der Waals surface area contributed by atoms with Crippen LogP contribution in [-0.2, 0) is 22.5 Å². The van der Waals surface area contributed by atoms with Gasteiger partial charge in [-0.1, -0.05) is 0 Å². The van der Waals surface area contributed by atoms with Gasteiger partial charge in [0.05, 0.1) is 6.42 Å². The summed E-state index contributed by atoms with van der Waals surface area (Å²) in [5.74, 6) is -0.778. The fourth-order valence-corrected chi connectivity index (χ4v) is 2.39. The number of carboxylic acid groups (broad SMARTS) is 1. The van der Waals surface area contributed by atoms with E-state index in [1.807, 2.05) is 12.1 Å². The molecule has 0 aliphatic rings. The Hall–Kier alpha value is -0.910. The third-order valence-corrected chi connectivity index (χ3v) is 3.51. The van der Waals surface area contributed by atoms with Gasteiger partial charge in [0.1, 0.15) is 0 Å². The third-order valence-electron chi connectivity index (χ3n) is 2.42. The molecule has 0 bridgehead atoms. The van der Waals surface area contributed by atoms with Gasteiger partial charge in [0, 0.05) is 36.1 Å². The second-order valence-electron chi connectivity index (χ2n) is 4.00. The highest BCUT2D eigenvalue weighted by atomic mass is 32.1. The van der Waals surface area contributed by atoms with Crippen molar-refractivity contribution >= 4 is 17.3 Å². The van der Waals surface area contributed by atoms with Gasteiger partial charge < -0.3 is 15.2 Å². The van der Waals surface area contributed by atoms with Crippen LogP contribution in [0.15, 0.2) is 12.1 Å². The van der Waals surface area contributed by atoms with Crippen LogP contribution in [0.1, 0.15) is 23.1 Å². The minimum Gasteiger partial charge on any atom is -0.481 e. The molecule has 0 saturated heterocycles. The van der Waals surface area contributed by atoms with Crippen molar-refractivity contribution in [1.29, 1.82) is 0 Å². The lowest BCUT2D eigenvalue weighted by molar-refractivity contribution is -0.136. The van der Waals surface area contributed by atoms with Crippen molar-refractivity contribution in [2.24, 2.45) is 0 Å². The molecule has 0 saturated carbocycles. The summed E-state index contributed by atoms with van der Waals surface area (Å²) in [7, 11) is 1.70. The largest absolute Gasteiger partial charge is 0.481 e. The smallest absolute Gasteiger partial charge is 0.308 e. The topological polar surface area (TPSA) is 58.6 Å². The fourth-order valence-electron chi connectivity index (χ4n) is 1.43. The lowest BCUT2D eigenvalue weighted by Crippen LogP contribution is -2.26. The first kappa shape index (κ1) is 14.2. The standard InChI is InChI=1S/C12H19NO3S/c1-9(5-6-16-2)13-8-11-4-3-10(17-11)7-12(14)15/h3-4,9,13H,5-8H2,1-2H3,(H,14,15). The second kappa shape index (κ2) is 7.42. The number of carboxylic acids is 1. The number of ether oxygens (including phenoxy) is 1. The number of nitrogens with one attached hydrogen (secondary N) is 1. The molecule has 96 valence electrons. The van der Waals surface area contributed by atoms with Crippen molar-refractivity contribution in [3.8, 4) is 0 Å². The Morgan fingerprint density at radius 2 is 2.24 bits per heavy atom. The zero-order valence-electron chi connectivity index (χ0n) is 10.2. The summed E-state index contributed by atoms with van der Waals surface area (Å²) in [5.41, 5.74) is 0. The molecule has 0 aromatic carbocycles. The molecule has 0 aliphatic heterocycles. The minimum absolute atomic E-state index is 0.115. The maximum atomic E-state index is 10.5. The van der Waals surface area contributed by atoms with E-state index < -0.39 is 5.97 Å². The molecule has 1 atom stereocenters. The van der Waals surface area contributed by atoms with E-state index in [1.165, 1.54) is 4.88 Å². The fraction of sp³-hybridized carbons (Fsp3) is 0.583. The van der Waals surface area contributed by atoms with Crippen molar-refractivity contribution in [3.05, 3.63) is 21.9 Å². The lowest BCUT2D eigenvalue weighted by Gasteiger charge is -2.11. The highest BCUT2D eigenvalue weighted by Gasteiger charge is 2.06. The average molecular weight is 257 g/mol. The van der Waals surface area contributed by atoms with E-state index in [9.17, 15) is 4.79 Å². The van der Waals surface area contributed by atoms with Crippen molar-refractivity contribution < 1.29 is 14.6 Å². The van der Waals surface area contributed by atoms with E-state index in [2.05, 4.69) is 12.2 Å². The molecule has 0 fully saturated rings. The van der Waals surface area contributed by atoms with Crippen LogP contribution in [0.5, 0.6) is 0 Å². The molecule has 5 heteroatoms. The Balaban J connectivity index is 2.31. The minimum atomic E-state index is -0.778. The van der Waals surface area contributed by atoms with Gasteiger partial charge in [0.2, 0.25) is 0 Å². The van der Waals surface area contributed by atoms with Gasteiger partial charge >= 0.3 is 5.97 Å². The summed E-state index contributed by atoms with van der Waals surface area (Å²) in [6.07, 6.45) is 1.09. The van der Waals surface area contributed by atoms with E-state index in [4.69, 9.17) is 9.84 Å². The van der Waals surface area contributed by atoms with Gasteiger partial charge in [0.25, 0.3) is 0 Å². The molecule has 1 aromatic heterocycles. The SMILES string of the molecule is COCCC(C)NCc1ccc(CC(=O)O)s1. The van der Waals surface area contributed by atoms with Gasteiger partial charge in [-0.2, -0.15) is 0 Å². The number of hydrogen-bond acceptors (Lipinski definition) is 4. The average Bonchev–Trinajstić information content (AvgIpc) is 2.70. The summed E-state index contributed by atoms with van der Waals surface area (Å²) in [6.45, 7) is 3.66. The monoisotopic (exact) mass is 257 g/mol. The Morgan fingerprint density at radius 1 is 1.53 bits per heavy atom. The maximum absolute atomic E-state index is 10.5. The predicted molar refractivity (Wildman–Crippen MR) is 68.5 cm³/mol. The maximum Gasteiger partial charge on any atom is 0.308 e. The number of aliphatic carboxylic acids is 1. The highest BCUT2D eigenvalue weighted by Crippen LogP contribution is 2.17. The molecule has 2 N–H and O–H groups in total. The van der Waals surface area contributed by atoms with E-state index in [1.54, 1.807) is 18.4 Å². The van der Waals surface area contributed by atoms with Gasteiger partial charge in [-0.05, 0) is 25.5 Å². The van der Waals surface area contributed by atoms with Crippen molar-refractivity contribution in [1.82, 2.24) is 5.32 Å². The van der Waals surface area contributed by atoms with E-state index in [0.717, 1.165) is 24.4 Å². The van der Waals surface area contributed by atoms with Gasteiger partial charge in [0.15, 0.2) is 0 Å². The number of rotatable bonds is 8. The zero-order valence-corrected chi connectivity index (χ0v) is 11.0. The number of thiophene rings is 1. The second-order valence-corrected chi connectivity index (χ2v) is 5.25. The van der Waals surface area contributed by atoms with Gasteiger partial charge in [-0.3, -0.25) is 4.79 Å². The first-order valence-corrected chi connectivity index (χ1v) is 6.45. The van der Waals surface area contributed by atoms with Crippen LogP contribution >= 0.6 is 11.3 Å². The molecule has 0 spiro atoms. The van der Waals surface area contributed by atoms with Crippen LogP contribution in [-0.4, -0.2) is 30.8 Å². The predicted octanol–water partition coefficient (Wildman–Crippen LogP) is 1.89. The molecule has 1 rings (SSSR count). The molecule has 0 aliphatic carbocycles. The normalized spacial score (nSPS) is 12.6. The van der Waals surface area contributed by atoms with Crippen molar-refractivity contribution in [2.75, 3.05) is 13.7 Å². The molecule has 1 unspecified atom stereocenters. The summed E-state index contributed by atoms with van der Waals surface area (Å²) < 4.78 is 5.01. The van der Waals surface area contributed by atoms with Crippen LogP contribution in [0.4, 0.5) is 0 Å². The molecule has 1 aromatic rings.